The molecule has 2 aromatic rings. The van der Waals surface area contributed by atoms with E-state index in [0.717, 1.165) is 19.6 Å². The van der Waals surface area contributed by atoms with E-state index in [2.05, 4.69) is 28.7 Å². The van der Waals surface area contributed by atoms with E-state index in [1.54, 1.807) is 18.4 Å². The third kappa shape index (κ3) is 1.51. The lowest BCUT2D eigenvalue weighted by Gasteiger charge is -2.07. The Morgan fingerprint density at radius 3 is 3.00 bits per heavy atom. The lowest BCUT2D eigenvalue weighted by atomic mass is 10.1. The monoisotopic (exact) mass is 320 g/mol. The van der Waals surface area contributed by atoms with Crippen molar-refractivity contribution >= 4 is 44.0 Å². The average Bonchev–Trinajstić information content (AvgIpc) is 2.68. The molecule has 74 valence electrons. The van der Waals surface area contributed by atoms with Crippen molar-refractivity contribution in [1.29, 1.82) is 0 Å². The molecule has 4 heteroatoms. The van der Waals surface area contributed by atoms with Gasteiger partial charge in [0.15, 0.2) is 0 Å². The van der Waals surface area contributed by atoms with E-state index in [-0.39, 0.29) is 6.61 Å². The van der Waals surface area contributed by atoms with Gasteiger partial charge in [-0.3, -0.25) is 0 Å². The van der Waals surface area contributed by atoms with Crippen LogP contribution in [-0.4, -0.2) is 12.2 Å². The number of ether oxygens (including phenoxy) is 1. The molecule has 0 saturated carbocycles. The molecular weight excluding hydrogens is 311 g/mol. The Bertz CT molecular complexity index is 464. The molecule has 0 bridgehead atoms. The molecule has 0 amide bonds. The molecule has 0 unspecified atom stereocenters. The van der Waals surface area contributed by atoms with Crippen LogP contribution in [0.4, 0.5) is 0 Å². The van der Waals surface area contributed by atoms with Crippen LogP contribution in [0.5, 0.6) is 5.75 Å². The number of aliphatic hydroxyl groups is 1. The van der Waals surface area contributed by atoms with Gasteiger partial charge in [0.1, 0.15) is 5.75 Å². The second-order valence-corrected chi connectivity index (χ2v) is 4.87. The zero-order valence-corrected chi connectivity index (χ0v) is 10.6. The molecule has 1 heterocycles. The van der Waals surface area contributed by atoms with Gasteiger partial charge in [0.05, 0.1) is 18.4 Å². The van der Waals surface area contributed by atoms with Crippen LogP contribution in [0.25, 0.3) is 10.1 Å². The summed E-state index contributed by atoms with van der Waals surface area (Å²) in [5.74, 6) is 0.847. The fourth-order valence-corrected chi connectivity index (χ4v) is 3.25. The topological polar surface area (TPSA) is 29.5 Å². The molecule has 0 aliphatic carbocycles. The predicted octanol–water partition coefficient (Wildman–Crippen LogP) is 3.01. The van der Waals surface area contributed by atoms with Crippen molar-refractivity contribution in [2.45, 2.75) is 6.61 Å². The third-order valence-corrected chi connectivity index (χ3v) is 4.31. The van der Waals surface area contributed by atoms with Gasteiger partial charge in [-0.05, 0) is 45.7 Å². The van der Waals surface area contributed by atoms with Crippen LogP contribution in [0.3, 0.4) is 0 Å². The number of aliphatic hydroxyl groups excluding tert-OH is 1. The van der Waals surface area contributed by atoms with Gasteiger partial charge < -0.3 is 9.84 Å². The Morgan fingerprint density at radius 1 is 1.57 bits per heavy atom. The van der Waals surface area contributed by atoms with E-state index in [1.807, 2.05) is 11.4 Å². The standard InChI is InChI=1S/C10H9IO2S/c1-13-8-4-6(5-12)9(11)7-2-3-14-10(7)8/h2-4,12H,5H2,1H3. The molecule has 14 heavy (non-hydrogen) atoms. The van der Waals surface area contributed by atoms with Crippen molar-refractivity contribution in [3.05, 3.63) is 26.6 Å². The first-order chi connectivity index (χ1) is 6.77. The Balaban J connectivity index is 2.80. The lowest BCUT2D eigenvalue weighted by Crippen LogP contribution is -1.92. The van der Waals surface area contributed by atoms with Crippen LogP contribution >= 0.6 is 33.9 Å². The first-order valence-corrected chi connectivity index (χ1v) is 6.07. The number of methoxy groups -OCH3 is 1. The van der Waals surface area contributed by atoms with Gasteiger partial charge >= 0.3 is 0 Å². The highest BCUT2D eigenvalue weighted by molar-refractivity contribution is 14.1. The Hall–Kier alpha value is -0.330. The number of hydrogen-bond acceptors (Lipinski definition) is 3. The molecule has 0 aliphatic heterocycles. The molecule has 0 spiro atoms. The van der Waals surface area contributed by atoms with Gasteiger partial charge in [-0.25, -0.2) is 0 Å². The van der Waals surface area contributed by atoms with Crippen molar-refractivity contribution in [3.8, 4) is 5.75 Å². The second-order valence-electron chi connectivity index (χ2n) is 2.87. The molecule has 2 rings (SSSR count). The van der Waals surface area contributed by atoms with Gasteiger partial charge in [-0.15, -0.1) is 11.3 Å². The summed E-state index contributed by atoms with van der Waals surface area (Å²) in [7, 11) is 1.66. The van der Waals surface area contributed by atoms with Crippen molar-refractivity contribution in [1.82, 2.24) is 0 Å². The molecule has 2 nitrogen and oxygen atoms in total. The maximum atomic E-state index is 9.18. The van der Waals surface area contributed by atoms with Gasteiger partial charge in [0.2, 0.25) is 0 Å². The van der Waals surface area contributed by atoms with Crippen LogP contribution in [-0.2, 0) is 6.61 Å². The second kappa shape index (κ2) is 4.04. The number of rotatable bonds is 2. The average molecular weight is 320 g/mol. The lowest BCUT2D eigenvalue weighted by molar-refractivity contribution is 0.280. The highest BCUT2D eigenvalue weighted by Crippen LogP contribution is 2.36. The van der Waals surface area contributed by atoms with Gasteiger partial charge in [0, 0.05) is 8.96 Å². The normalized spacial score (nSPS) is 10.8. The molecule has 0 aliphatic rings. The number of fused-ring (bicyclic) bond motifs is 1. The molecular formula is C10H9IO2S. The Labute approximate surface area is 99.7 Å². The number of hydrogen-bond donors (Lipinski definition) is 1. The summed E-state index contributed by atoms with van der Waals surface area (Å²) >= 11 is 3.92. The van der Waals surface area contributed by atoms with Crippen LogP contribution in [0.1, 0.15) is 5.56 Å². The molecule has 1 aromatic heterocycles. The Kier molecular flexibility index (Phi) is 2.94. The van der Waals surface area contributed by atoms with E-state index in [0.29, 0.717) is 0 Å². The minimum atomic E-state index is 0.0560. The minimum absolute atomic E-state index is 0.0560. The summed E-state index contributed by atoms with van der Waals surface area (Å²) < 4.78 is 7.54. The molecule has 0 fully saturated rings. The van der Waals surface area contributed by atoms with Gasteiger partial charge in [0.25, 0.3) is 0 Å². The van der Waals surface area contributed by atoms with Crippen LogP contribution in [0.2, 0.25) is 0 Å². The van der Waals surface area contributed by atoms with E-state index in [9.17, 15) is 5.11 Å². The first kappa shape index (κ1) is 10.2. The quantitative estimate of drug-likeness (QED) is 0.862. The van der Waals surface area contributed by atoms with Crippen molar-refractivity contribution in [3.63, 3.8) is 0 Å². The zero-order valence-electron chi connectivity index (χ0n) is 7.58. The predicted molar refractivity (Wildman–Crippen MR) is 67.0 cm³/mol. The first-order valence-electron chi connectivity index (χ1n) is 4.11. The van der Waals surface area contributed by atoms with E-state index in [4.69, 9.17) is 4.74 Å². The molecule has 1 aromatic carbocycles. The largest absolute Gasteiger partial charge is 0.495 e. The summed E-state index contributed by atoms with van der Waals surface area (Å²) in [6, 6.07) is 3.96. The summed E-state index contributed by atoms with van der Waals surface area (Å²) in [6.07, 6.45) is 0. The molecule has 0 saturated heterocycles. The number of halogens is 1. The van der Waals surface area contributed by atoms with E-state index < -0.39 is 0 Å². The SMILES string of the molecule is COc1cc(CO)c(I)c2ccsc12. The van der Waals surface area contributed by atoms with Crippen molar-refractivity contribution in [2.24, 2.45) is 0 Å². The van der Waals surface area contributed by atoms with Crippen LogP contribution in [0.15, 0.2) is 17.5 Å². The maximum absolute atomic E-state index is 9.18. The Morgan fingerprint density at radius 2 is 2.36 bits per heavy atom. The summed E-state index contributed by atoms with van der Waals surface area (Å²) in [6.45, 7) is 0.0560. The van der Waals surface area contributed by atoms with E-state index in [1.165, 1.54) is 5.39 Å². The maximum Gasteiger partial charge on any atom is 0.137 e. The third-order valence-electron chi connectivity index (χ3n) is 2.10. The smallest absolute Gasteiger partial charge is 0.137 e. The highest BCUT2D eigenvalue weighted by atomic mass is 127. The molecule has 0 atom stereocenters. The zero-order chi connectivity index (χ0) is 10.1. The summed E-state index contributed by atoms with van der Waals surface area (Å²) in [4.78, 5) is 0. The van der Waals surface area contributed by atoms with Gasteiger partial charge in [-0.2, -0.15) is 0 Å². The molecule has 0 radical (unpaired) electrons. The number of thiophene rings is 1. The fourth-order valence-electron chi connectivity index (χ4n) is 1.40. The van der Waals surface area contributed by atoms with Crippen LogP contribution in [0, 0.1) is 3.57 Å². The summed E-state index contributed by atoms with van der Waals surface area (Å²) in [5.41, 5.74) is 0.924. The fraction of sp³-hybridized carbons (Fsp3) is 0.200. The number of benzene rings is 1. The van der Waals surface area contributed by atoms with Crippen molar-refractivity contribution < 1.29 is 9.84 Å². The summed E-state index contributed by atoms with van der Waals surface area (Å²) in [5, 5.41) is 12.4. The van der Waals surface area contributed by atoms with Gasteiger partial charge in [-0.1, -0.05) is 0 Å². The highest BCUT2D eigenvalue weighted by Gasteiger charge is 2.10. The van der Waals surface area contributed by atoms with Crippen molar-refractivity contribution in [2.75, 3.05) is 7.11 Å². The van der Waals surface area contributed by atoms with Crippen LogP contribution < -0.4 is 4.74 Å². The minimum Gasteiger partial charge on any atom is -0.495 e. The molecule has 1 N–H and O–H groups in total. The van der Waals surface area contributed by atoms with E-state index >= 15 is 0 Å².